The predicted octanol–water partition coefficient (Wildman–Crippen LogP) is 1.11. The summed E-state index contributed by atoms with van der Waals surface area (Å²) in [6.45, 7) is 8.38. The number of carbonyl (C=O) groups excluding carboxylic acids is 1. The van der Waals surface area contributed by atoms with Crippen molar-refractivity contribution in [1.82, 2.24) is 9.80 Å². The average Bonchev–Trinajstić information content (AvgIpc) is 2.48. The van der Waals surface area contributed by atoms with Gasteiger partial charge in [0.25, 0.3) is 0 Å². The summed E-state index contributed by atoms with van der Waals surface area (Å²) in [6, 6.07) is 9.94. The molecule has 2 N–H and O–H groups in total. The zero-order chi connectivity index (χ0) is 14.6. The van der Waals surface area contributed by atoms with E-state index >= 15 is 0 Å². The van der Waals surface area contributed by atoms with Gasteiger partial charge in [-0.05, 0) is 19.4 Å². The van der Waals surface area contributed by atoms with E-state index in [1.54, 1.807) is 0 Å². The molecule has 1 amide bonds. The maximum Gasteiger partial charge on any atom is 0.227 e. The quantitative estimate of drug-likeness (QED) is 0.895. The number of hydrogen-bond acceptors (Lipinski definition) is 3. The summed E-state index contributed by atoms with van der Waals surface area (Å²) in [5.74, 6) is 0.224. The Morgan fingerprint density at radius 3 is 2.30 bits per heavy atom. The lowest BCUT2D eigenvalue weighted by Gasteiger charge is -2.43. The van der Waals surface area contributed by atoms with Gasteiger partial charge in [0.2, 0.25) is 5.91 Å². The second kappa shape index (κ2) is 6.37. The summed E-state index contributed by atoms with van der Waals surface area (Å²) in [7, 11) is 0. The standard InChI is InChI=1S/C16H25N3O/c1-16(2,13-17)19-10-8-18(9-11-19)15(20)12-14-6-4-3-5-7-14/h3-7H,8-13,17H2,1-2H3. The number of carbonyl (C=O) groups is 1. The van der Waals surface area contributed by atoms with Gasteiger partial charge in [-0.1, -0.05) is 30.3 Å². The molecule has 0 saturated carbocycles. The molecule has 0 unspecified atom stereocenters. The smallest absolute Gasteiger partial charge is 0.227 e. The van der Waals surface area contributed by atoms with E-state index in [1.807, 2.05) is 35.2 Å². The minimum atomic E-state index is 0.0224. The van der Waals surface area contributed by atoms with Crippen molar-refractivity contribution in [2.75, 3.05) is 32.7 Å². The van der Waals surface area contributed by atoms with Crippen molar-refractivity contribution >= 4 is 5.91 Å². The minimum Gasteiger partial charge on any atom is -0.340 e. The molecular weight excluding hydrogens is 250 g/mol. The third-order valence-corrected chi connectivity index (χ3v) is 4.19. The molecule has 110 valence electrons. The van der Waals surface area contributed by atoms with Crippen molar-refractivity contribution < 1.29 is 4.79 Å². The zero-order valence-electron chi connectivity index (χ0n) is 12.5. The molecule has 0 atom stereocenters. The van der Waals surface area contributed by atoms with Gasteiger partial charge in [0.05, 0.1) is 6.42 Å². The molecule has 0 radical (unpaired) electrons. The maximum absolute atomic E-state index is 12.3. The summed E-state index contributed by atoms with van der Waals surface area (Å²) >= 11 is 0. The van der Waals surface area contributed by atoms with Gasteiger partial charge in [-0.25, -0.2) is 0 Å². The molecule has 1 saturated heterocycles. The zero-order valence-corrected chi connectivity index (χ0v) is 12.5. The Hall–Kier alpha value is -1.39. The third kappa shape index (κ3) is 3.58. The molecule has 20 heavy (non-hydrogen) atoms. The summed E-state index contributed by atoms with van der Waals surface area (Å²) in [4.78, 5) is 16.6. The van der Waals surface area contributed by atoms with Gasteiger partial charge in [-0.2, -0.15) is 0 Å². The van der Waals surface area contributed by atoms with Crippen LogP contribution in [0.15, 0.2) is 30.3 Å². The van der Waals surface area contributed by atoms with Crippen molar-refractivity contribution in [3.8, 4) is 0 Å². The van der Waals surface area contributed by atoms with Gasteiger partial charge in [0.15, 0.2) is 0 Å². The van der Waals surface area contributed by atoms with Crippen LogP contribution >= 0.6 is 0 Å². The average molecular weight is 275 g/mol. The summed E-state index contributed by atoms with van der Waals surface area (Å²) in [5.41, 5.74) is 6.92. The van der Waals surface area contributed by atoms with Crippen molar-refractivity contribution in [1.29, 1.82) is 0 Å². The summed E-state index contributed by atoms with van der Waals surface area (Å²) < 4.78 is 0. The molecule has 1 aliphatic heterocycles. The number of nitrogens with zero attached hydrogens (tertiary/aromatic N) is 2. The van der Waals surface area contributed by atoms with E-state index in [9.17, 15) is 4.79 Å². The highest BCUT2D eigenvalue weighted by Gasteiger charge is 2.29. The lowest BCUT2D eigenvalue weighted by Crippen LogP contribution is -2.58. The number of amides is 1. The maximum atomic E-state index is 12.3. The number of nitrogens with two attached hydrogens (primary N) is 1. The first kappa shape index (κ1) is 15.0. The molecule has 0 bridgehead atoms. The molecule has 0 aliphatic carbocycles. The molecular formula is C16H25N3O. The van der Waals surface area contributed by atoms with Gasteiger partial charge in [0, 0.05) is 38.3 Å². The van der Waals surface area contributed by atoms with Crippen LogP contribution in [-0.2, 0) is 11.2 Å². The number of piperazine rings is 1. The molecule has 1 fully saturated rings. The Kier molecular flexibility index (Phi) is 4.78. The van der Waals surface area contributed by atoms with Gasteiger partial charge < -0.3 is 10.6 Å². The van der Waals surface area contributed by atoms with Crippen LogP contribution in [0.3, 0.4) is 0 Å². The van der Waals surface area contributed by atoms with E-state index in [0.717, 1.165) is 31.7 Å². The Bertz CT molecular complexity index is 436. The minimum absolute atomic E-state index is 0.0224. The van der Waals surface area contributed by atoms with Gasteiger partial charge in [-0.15, -0.1) is 0 Å². The Morgan fingerprint density at radius 1 is 1.15 bits per heavy atom. The Morgan fingerprint density at radius 2 is 1.75 bits per heavy atom. The molecule has 4 heteroatoms. The largest absolute Gasteiger partial charge is 0.340 e. The fraction of sp³-hybridized carbons (Fsp3) is 0.562. The van der Waals surface area contributed by atoms with E-state index < -0.39 is 0 Å². The highest BCUT2D eigenvalue weighted by atomic mass is 16.2. The van der Waals surface area contributed by atoms with Gasteiger partial charge in [0.1, 0.15) is 0 Å². The van der Waals surface area contributed by atoms with Crippen LogP contribution < -0.4 is 5.73 Å². The van der Waals surface area contributed by atoms with Crippen molar-refractivity contribution in [2.45, 2.75) is 25.8 Å². The fourth-order valence-corrected chi connectivity index (χ4v) is 2.57. The van der Waals surface area contributed by atoms with Crippen LogP contribution in [0.25, 0.3) is 0 Å². The van der Waals surface area contributed by atoms with Gasteiger partial charge in [-0.3, -0.25) is 9.69 Å². The highest BCUT2D eigenvalue weighted by Crippen LogP contribution is 2.16. The Labute approximate surface area is 121 Å². The summed E-state index contributed by atoms with van der Waals surface area (Å²) in [6.07, 6.45) is 0.501. The SMILES string of the molecule is CC(C)(CN)N1CCN(C(=O)Cc2ccccc2)CC1. The molecule has 1 aromatic rings. The lowest BCUT2D eigenvalue weighted by atomic mass is 10.0. The number of rotatable bonds is 4. The molecule has 1 heterocycles. The topological polar surface area (TPSA) is 49.6 Å². The van der Waals surface area contributed by atoms with Crippen LogP contribution in [0.2, 0.25) is 0 Å². The molecule has 2 rings (SSSR count). The number of benzene rings is 1. The second-order valence-electron chi connectivity index (χ2n) is 6.05. The van der Waals surface area contributed by atoms with Crippen molar-refractivity contribution in [3.05, 3.63) is 35.9 Å². The van der Waals surface area contributed by atoms with E-state index in [-0.39, 0.29) is 11.4 Å². The van der Waals surface area contributed by atoms with Gasteiger partial charge >= 0.3 is 0 Å². The predicted molar refractivity (Wildman–Crippen MR) is 81.4 cm³/mol. The lowest BCUT2D eigenvalue weighted by molar-refractivity contribution is -0.133. The van der Waals surface area contributed by atoms with Crippen LogP contribution in [-0.4, -0.2) is 54.0 Å². The van der Waals surface area contributed by atoms with Crippen molar-refractivity contribution in [3.63, 3.8) is 0 Å². The van der Waals surface area contributed by atoms with E-state index in [1.165, 1.54) is 0 Å². The van der Waals surface area contributed by atoms with E-state index in [0.29, 0.717) is 13.0 Å². The fourth-order valence-electron chi connectivity index (χ4n) is 2.57. The highest BCUT2D eigenvalue weighted by molar-refractivity contribution is 5.78. The molecule has 0 spiro atoms. The van der Waals surface area contributed by atoms with Crippen LogP contribution in [0.5, 0.6) is 0 Å². The normalized spacial score (nSPS) is 17.2. The first-order chi connectivity index (χ1) is 9.53. The van der Waals surface area contributed by atoms with Crippen LogP contribution in [0.1, 0.15) is 19.4 Å². The third-order valence-electron chi connectivity index (χ3n) is 4.19. The summed E-state index contributed by atoms with van der Waals surface area (Å²) in [5, 5.41) is 0. The molecule has 0 aromatic heterocycles. The van der Waals surface area contributed by atoms with Crippen molar-refractivity contribution in [2.24, 2.45) is 5.73 Å². The first-order valence-electron chi connectivity index (χ1n) is 7.30. The second-order valence-corrected chi connectivity index (χ2v) is 6.05. The van der Waals surface area contributed by atoms with E-state index in [4.69, 9.17) is 5.73 Å². The van der Waals surface area contributed by atoms with Crippen LogP contribution in [0.4, 0.5) is 0 Å². The van der Waals surface area contributed by atoms with Crippen LogP contribution in [0, 0.1) is 0 Å². The monoisotopic (exact) mass is 275 g/mol. The Balaban J connectivity index is 1.86. The van der Waals surface area contributed by atoms with E-state index in [2.05, 4.69) is 18.7 Å². The molecule has 4 nitrogen and oxygen atoms in total. The number of hydrogen-bond donors (Lipinski definition) is 1. The molecule has 1 aliphatic rings. The first-order valence-corrected chi connectivity index (χ1v) is 7.30. The molecule has 1 aromatic carbocycles.